The lowest BCUT2D eigenvalue weighted by Gasteiger charge is -1.94. The minimum atomic E-state index is -0.184. The first-order chi connectivity index (χ1) is 5.18. The Morgan fingerprint density at radius 3 is 2.73 bits per heavy atom. The normalized spacial score (nSPS) is 7.73. The molecule has 0 spiro atoms. The molecule has 6 heteroatoms. The van der Waals surface area contributed by atoms with Crippen molar-refractivity contribution in [3.63, 3.8) is 0 Å². The Labute approximate surface area is 67.9 Å². The molecule has 0 aliphatic rings. The number of rotatable bonds is 6. The second-order valence-electron chi connectivity index (χ2n) is 1.87. The van der Waals surface area contributed by atoms with Crippen LogP contribution in [0.2, 0.25) is 0 Å². The molecule has 0 saturated heterocycles. The fourth-order valence-corrected chi connectivity index (χ4v) is 0.346. The molecule has 0 aliphatic carbocycles. The molecule has 0 aliphatic heterocycles. The van der Waals surface area contributed by atoms with Crippen molar-refractivity contribution >= 4 is 33.8 Å². The first-order valence-corrected chi connectivity index (χ1v) is 2.97. The molecule has 0 N–H and O–H groups in total. The van der Waals surface area contributed by atoms with E-state index in [1.54, 1.807) is 6.92 Å². The number of allylic oxidation sites excluding steroid dienone is 1. The molecule has 0 heterocycles. The van der Waals surface area contributed by atoms with Crippen molar-refractivity contribution < 1.29 is 14.2 Å². The monoisotopic (exact) mass is 147 g/mol. The maximum atomic E-state index is 10.8. The molecule has 0 aromatic carbocycles. The van der Waals surface area contributed by atoms with Crippen LogP contribution >= 0.6 is 0 Å². The molecular weight excluding hydrogens is 140 g/mol. The number of hydrogen-bond donors (Lipinski definition) is 0. The van der Waals surface area contributed by atoms with Gasteiger partial charge in [0, 0.05) is 0 Å². The molecule has 0 rings (SSSR count). The van der Waals surface area contributed by atoms with Gasteiger partial charge in [-0.1, -0.05) is 6.58 Å². The summed E-state index contributed by atoms with van der Waals surface area (Å²) < 4.78 is 4.19. The summed E-state index contributed by atoms with van der Waals surface area (Å²) in [5.41, 5.74) is 0.261. The van der Waals surface area contributed by atoms with Gasteiger partial charge in [-0.2, -0.15) is 0 Å². The van der Waals surface area contributed by atoms with Crippen molar-refractivity contribution in [2.45, 2.75) is 6.92 Å². The third-order valence-electron chi connectivity index (χ3n) is 0.881. The van der Waals surface area contributed by atoms with E-state index in [1.165, 1.54) is 14.2 Å². The molecule has 0 fully saturated rings. The molecule has 0 amide bonds. The summed E-state index contributed by atoms with van der Waals surface area (Å²) in [6.45, 7) is 5.31. The largest absolute Gasteiger partial charge is 0.552 e. The highest BCUT2D eigenvalue weighted by molar-refractivity contribution is 7.36. The predicted molar refractivity (Wildman–Crippen MR) is 44.2 cm³/mol. The third-order valence-corrected chi connectivity index (χ3v) is 0.881. The summed E-state index contributed by atoms with van der Waals surface area (Å²) in [6, 6.07) is 0. The molecular formula is C5H6B3O3. The second kappa shape index (κ2) is 5.83. The van der Waals surface area contributed by atoms with Crippen LogP contribution in [0.1, 0.15) is 6.92 Å². The van der Waals surface area contributed by atoms with Gasteiger partial charge in [0.25, 0.3) is 6.47 Å². The lowest BCUT2D eigenvalue weighted by Crippen LogP contribution is -2.23. The Balaban J connectivity index is 3.31. The molecule has 3 nitrogen and oxygen atoms in total. The topological polar surface area (TPSA) is 43.4 Å². The highest BCUT2D eigenvalue weighted by Crippen LogP contribution is 1.85. The summed E-state index contributed by atoms with van der Waals surface area (Å²) in [5, 5.41) is 0. The van der Waals surface area contributed by atoms with Crippen LogP contribution in [0.3, 0.4) is 0 Å². The average molecular weight is 147 g/mol. The van der Waals surface area contributed by atoms with Gasteiger partial charge in [0.2, 0.25) is 0 Å². The minimum Gasteiger partial charge on any atom is -0.552 e. The van der Waals surface area contributed by atoms with Gasteiger partial charge in [-0.3, -0.25) is 4.79 Å². The van der Waals surface area contributed by atoms with E-state index in [0.29, 0.717) is 5.57 Å². The summed E-state index contributed by atoms with van der Waals surface area (Å²) in [5.74, 6) is 0. The number of hydrogen-bond acceptors (Lipinski definition) is 3. The Kier molecular flexibility index (Phi) is 5.34. The quantitative estimate of drug-likeness (QED) is 0.212. The van der Waals surface area contributed by atoms with Gasteiger partial charge in [0.05, 0.1) is 12.7 Å². The lowest BCUT2D eigenvalue weighted by atomic mass is 9.23. The Bertz CT molecular complexity index is 168. The van der Waals surface area contributed by atoms with Crippen molar-refractivity contribution in [2.24, 2.45) is 0 Å². The van der Waals surface area contributed by atoms with Gasteiger partial charge in [0.1, 0.15) is 0 Å². The summed E-state index contributed by atoms with van der Waals surface area (Å²) in [6.07, 6.45) is 0. The van der Waals surface area contributed by atoms with Crippen LogP contribution in [-0.2, 0) is 14.2 Å². The van der Waals surface area contributed by atoms with Crippen molar-refractivity contribution in [2.75, 3.05) is 0 Å². The van der Waals surface area contributed by atoms with E-state index in [9.17, 15) is 9.59 Å². The van der Waals surface area contributed by atoms with E-state index in [2.05, 4.69) is 11.2 Å². The Morgan fingerprint density at radius 2 is 2.27 bits per heavy atom. The number of carbonyl (C=O) groups is 2. The van der Waals surface area contributed by atoms with Crippen LogP contribution in [0.15, 0.2) is 12.2 Å². The number of carbonyl (C=O) groups excluding carboxylic acids is 2. The maximum Gasteiger partial charge on any atom is 0.307 e. The average Bonchev–Trinajstić information content (AvgIpc) is 1.97. The summed E-state index contributed by atoms with van der Waals surface area (Å²) >= 11 is 0. The van der Waals surface area contributed by atoms with E-state index >= 15 is 0 Å². The second-order valence-corrected chi connectivity index (χ2v) is 1.87. The molecule has 53 valence electrons. The van der Waals surface area contributed by atoms with Crippen molar-refractivity contribution in [3.05, 3.63) is 12.2 Å². The van der Waals surface area contributed by atoms with Crippen LogP contribution in [-0.4, -0.2) is 33.8 Å². The Hall–Kier alpha value is -0.925. The molecule has 0 aromatic heterocycles. The molecule has 0 atom stereocenters. The minimum absolute atomic E-state index is 0.184. The highest BCUT2D eigenvalue weighted by Gasteiger charge is 2.05. The van der Waals surface area contributed by atoms with Crippen LogP contribution in [0, 0.1) is 0 Å². The summed E-state index contributed by atoms with van der Waals surface area (Å²) in [7, 11) is 3.73. The van der Waals surface area contributed by atoms with Crippen LogP contribution in [0.25, 0.3) is 0 Å². The van der Waals surface area contributed by atoms with Crippen molar-refractivity contribution in [1.82, 2.24) is 0 Å². The molecule has 0 saturated carbocycles. The van der Waals surface area contributed by atoms with E-state index in [4.69, 9.17) is 0 Å². The zero-order valence-corrected chi connectivity index (χ0v) is 6.24. The van der Waals surface area contributed by atoms with Crippen LogP contribution < -0.4 is 0 Å². The van der Waals surface area contributed by atoms with Crippen LogP contribution in [0.5, 0.6) is 0 Å². The van der Waals surface area contributed by atoms with E-state index in [0.717, 1.165) is 7.37 Å². The van der Waals surface area contributed by atoms with Crippen molar-refractivity contribution in [3.8, 4) is 0 Å². The molecule has 3 radical (unpaired) electrons. The lowest BCUT2D eigenvalue weighted by molar-refractivity contribution is -0.120. The Morgan fingerprint density at radius 1 is 1.64 bits per heavy atom. The molecule has 0 aromatic rings. The summed E-state index contributed by atoms with van der Waals surface area (Å²) in [4.78, 5) is 20.3. The zero-order valence-electron chi connectivity index (χ0n) is 6.24. The fourth-order valence-electron chi connectivity index (χ4n) is 0.346. The fraction of sp³-hybridized carbons (Fsp3) is 0.200. The maximum absolute atomic E-state index is 10.8. The van der Waals surface area contributed by atoms with Gasteiger partial charge in [-0.15, -0.1) is 0 Å². The first-order valence-electron chi connectivity index (χ1n) is 2.97. The third kappa shape index (κ3) is 5.52. The van der Waals surface area contributed by atoms with Gasteiger partial charge < -0.3 is 9.45 Å². The SMILES string of the molecule is C=C(C)C(=O)[B][B][B]OC=O. The smallest absolute Gasteiger partial charge is 0.307 e. The van der Waals surface area contributed by atoms with Gasteiger partial charge in [0.15, 0.2) is 7.17 Å². The standard InChI is InChI=1S/C5H6B3O3/c1-4(2)5(10)6-7-8-11-3-9/h3H,1H2,2H3. The van der Waals surface area contributed by atoms with E-state index in [-0.39, 0.29) is 12.2 Å². The first kappa shape index (κ1) is 10.1. The van der Waals surface area contributed by atoms with Gasteiger partial charge in [-0.05, 0) is 12.5 Å². The molecule has 11 heavy (non-hydrogen) atoms. The van der Waals surface area contributed by atoms with Gasteiger partial charge in [-0.25, -0.2) is 0 Å². The van der Waals surface area contributed by atoms with E-state index in [1.807, 2.05) is 0 Å². The molecule has 0 bridgehead atoms. The van der Waals surface area contributed by atoms with E-state index < -0.39 is 0 Å². The molecule has 0 unspecified atom stereocenters. The zero-order chi connectivity index (χ0) is 8.69. The van der Waals surface area contributed by atoms with Crippen molar-refractivity contribution in [1.29, 1.82) is 0 Å². The van der Waals surface area contributed by atoms with Gasteiger partial charge >= 0.3 is 7.37 Å². The predicted octanol–water partition coefficient (Wildman–Crippen LogP) is -0.880. The van der Waals surface area contributed by atoms with Crippen LogP contribution in [0.4, 0.5) is 0 Å². The highest BCUT2D eigenvalue weighted by atomic mass is 16.5.